The zero-order chi connectivity index (χ0) is 35.8. The molecule has 5 heteroatoms. The van der Waals surface area contributed by atoms with E-state index >= 15 is 0 Å². The largest absolute Gasteiger partial charge is 0.456 e. The van der Waals surface area contributed by atoms with Crippen LogP contribution in [0.4, 0.5) is 17.1 Å². The van der Waals surface area contributed by atoms with E-state index in [1.54, 1.807) is 0 Å². The van der Waals surface area contributed by atoms with Crippen LogP contribution >= 0.6 is 0 Å². The van der Waals surface area contributed by atoms with E-state index in [1.165, 1.54) is 10.9 Å². The van der Waals surface area contributed by atoms with Gasteiger partial charge in [0.05, 0.1) is 11.1 Å². The van der Waals surface area contributed by atoms with Gasteiger partial charge in [0.2, 0.25) is 0 Å². The zero-order valence-electron chi connectivity index (χ0n) is 29.2. The molecule has 2 heterocycles. The average Bonchev–Trinajstić information content (AvgIpc) is 3.63. The Labute approximate surface area is 312 Å². The third-order valence-corrected chi connectivity index (χ3v) is 9.88. The number of aromatic nitrogens is 3. The van der Waals surface area contributed by atoms with Crippen molar-refractivity contribution in [1.29, 1.82) is 0 Å². The molecular formula is C49H32N4O. The van der Waals surface area contributed by atoms with Crippen molar-refractivity contribution in [2.24, 2.45) is 0 Å². The summed E-state index contributed by atoms with van der Waals surface area (Å²) in [5.41, 5.74) is 9.53. The van der Waals surface area contributed by atoms with Crippen molar-refractivity contribution < 1.29 is 4.42 Å². The molecule has 254 valence electrons. The molecule has 10 rings (SSSR count). The molecule has 5 nitrogen and oxygen atoms in total. The Morgan fingerprint density at radius 3 is 1.54 bits per heavy atom. The topological polar surface area (TPSA) is 55.1 Å². The SMILES string of the molecule is c1ccc(-c2ccc(N(c3ccc4ccccc4c3)c3cc(-c4nc(-c5ccccc5)nc(-c5ccccc5)n4)cc4oc5ccccc5c34)cc2)cc1. The number of para-hydroxylation sites is 1. The molecule has 0 amide bonds. The fraction of sp³-hybridized carbons (Fsp3) is 0. The van der Waals surface area contributed by atoms with Crippen LogP contribution in [-0.2, 0) is 0 Å². The maximum absolute atomic E-state index is 6.66. The van der Waals surface area contributed by atoms with Crippen molar-refractivity contribution in [2.45, 2.75) is 0 Å². The van der Waals surface area contributed by atoms with Crippen LogP contribution in [0.25, 0.3) is 78.0 Å². The first-order chi connectivity index (χ1) is 26.7. The number of hydrogen-bond donors (Lipinski definition) is 0. The van der Waals surface area contributed by atoms with Crippen LogP contribution in [0.3, 0.4) is 0 Å². The summed E-state index contributed by atoms with van der Waals surface area (Å²) >= 11 is 0. The highest BCUT2D eigenvalue weighted by molar-refractivity contribution is 6.14. The quantitative estimate of drug-likeness (QED) is 0.166. The van der Waals surface area contributed by atoms with Crippen molar-refractivity contribution >= 4 is 49.8 Å². The Hall–Kier alpha value is -7.37. The third kappa shape index (κ3) is 5.74. The first-order valence-corrected chi connectivity index (χ1v) is 18.0. The fourth-order valence-electron chi connectivity index (χ4n) is 7.25. The first kappa shape index (κ1) is 31.4. The lowest BCUT2D eigenvalue weighted by molar-refractivity contribution is 0.669. The van der Waals surface area contributed by atoms with E-state index in [0.717, 1.165) is 66.6 Å². The van der Waals surface area contributed by atoms with E-state index in [2.05, 4.69) is 120 Å². The molecule has 8 aromatic carbocycles. The van der Waals surface area contributed by atoms with Gasteiger partial charge in [-0.05, 0) is 64.4 Å². The molecule has 10 aromatic rings. The van der Waals surface area contributed by atoms with Crippen molar-refractivity contribution in [1.82, 2.24) is 15.0 Å². The van der Waals surface area contributed by atoms with Crippen LogP contribution < -0.4 is 4.90 Å². The highest BCUT2D eigenvalue weighted by Gasteiger charge is 2.23. The Bertz CT molecular complexity index is 2870. The van der Waals surface area contributed by atoms with Gasteiger partial charge in [0.15, 0.2) is 17.5 Å². The summed E-state index contributed by atoms with van der Waals surface area (Å²) in [6.07, 6.45) is 0. The van der Waals surface area contributed by atoms with Crippen LogP contribution in [0, 0.1) is 0 Å². The Morgan fingerprint density at radius 1 is 0.352 bits per heavy atom. The smallest absolute Gasteiger partial charge is 0.164 e. The molecule has 2 aromatic heterocycles. The Kier molecular flexibility index (Phi) is 7.73. The van der Waals surface area contributed by atoms with Gasteiger partial charge in [0.1, 0.15) is 11.2 Å². The summed E-state index contributed by atoms with van der Waals surface area (Å²) in [7, 11) is 0. The molecule has 0 spiro atoms. The lowest BCUT2D eigenvalue weighted by Gasteiger charge is -2.27. The number of fused-ring (bicyclic) bond motifs is 4. The summed E-state index contributed by atoms with van der Waals surface area (Å²) < 4.78 is 6.66. The number of nitrogens with zero attached hydrogens (tertiary/aromatic N) is 4. The first-order valence-electron chi connectivity index (χ1n) is 18.0. The van der Waals surface area contributed by atoms with E-state index in [9.17, 15) is 0 Å². The molecule has 0 N–H and O–H groups in total. The molecule has 0 radical (unpaired) electrons. The highest BCUT2D eigenvalue weighted by Crippen LogP contribution is 2.46. The summed E-state index contributed by atoms with van der Waals surface area (Å²) in [5.74, 6) is 1.77. The van der Waals surface area contributed by atoms with Gasteiger partial charge in [-0.1, -0.05) is 152 Å². The summed E-state index contributed by atoms with van der Waals surface area (Å²) in [5, 5.41) is 4.38. The number of furan rings is 1. The van der Waals surface area contributed by atoms with Crippen molar-refractivity contribution in [3.05, 3.63) is 194 Å². The van der Waals surface area contributed by atoms with E-state index < -0.39 is 0 Å². The summed E-state index contributed by atoms with van der Waals surface area (Å²) in [6.45, 7) is 0. The molecule has 0 aliphatic heterocycles. The normalized spacial score (nSPS) is 11.3. The second kappa shape index (κ2) is 13.3. The second-order valence-electron chi connectivity index (χ2n) is 13.3. The minimum atomic E-state index is 0.559. The van der Waals surface area contributed by atoms with Gasteiger partial charge >= 0.3 is 0 Å². The number of benzene rings is 8. The monoisotopic (exact) mass is 692 g/mol. The van der Waals surface area contributed by atoms with Crippen LogP contribution in [0.1, 0.15) is 0 Å². The van der Waals surface area contributed by atoms with Crippen molar-refractivity contribution in [3.8, 4) is 45.3 Å². The van der Waals surface area contributed by atoms with Crippen LogP contribution in [0.5, 0.6) is 0 Å². The van der Waals surface area contributed by atoms with Gasteiger partial charge in [-0.25, -0.2) is 15.0 Å². The van der Waals surface area contributed by atoms with Crippen LogP contribution in [0.2, 0.25) is 0 Å². The minimum Gasteiger partial charge on any atom is -0.456 e. The predicted molar refractivity (Wildman–Crippen MR) is 221 cm³/mol. The van der Waals surface area contributed by atoms with Gasteiger partial charge in [-0.2, -0.15) is 0 Å². The zero-order valence-corrected chi connectivity index (χ0v) is 29.2. The lowest BCUT2D eigenvalue weighted by atomic mass is 10.0. The standard InChI is InChI=1S/C49H32N4O/c1-4-14-33(15-5-1)35-24-27-40(28-25-35)53(41-29-26-34-16-10-11-21-38(34)30-41)43-31-39(32-45-46(43)42-22-12-13-23-44(42)54-45)49-51-47(36-17-6-2-7-18-36)50-48(52-49)37-19-8-3-9-20-37/h1-32H. The molecule has 0 atom stereocenters. The molecule has 0 aliphatic rings. The van der Waals surface area contributed by atoms with E-state index in [0.29, 0.717) is 17.5 Å². The van der Waals surface area contributed by atoms with Gasteiger partial charge in [0.25, 0.3) is 0 Å². The molecule has 0 saturated carbocycles. The third-order valence-electron chi connectivity index (χ3n) is 9.88. The van der Waals surface area contributed by atoms with Gasteiger partial charge < -0.3 is 9.32 Å². The molecule has 0 fully saturated rings. The van der Waals surface area contributed by atoms with Gasteiger partial charge in [-0.15, -0.1) is 0 Å². The minimum absolute atomic E-state index is 0.559. The van der Waals surface area contributed by atoms with E-state index in [-0.39, 0.29) is 0 Å². The fourth-order valence-corrected chi connectivity index (χ4v) is 7.25. The highest BCUT2D eigenvalue weighted by atomic mass is 16.3. The van der Waals surface area contributed by atoms with Crippen LogP contribution in [0.15, 0.2) is 199 Å². The number of rotatable bonds is 7. The Morgan fingerprint density at radius 2 is 0.870 bits per heavy atom. The van der Waals surface area contributed by atoms with Crippen LogP contribution in [-0.4, -0.2) is 15.0 Å². The van der Waals surface area contributed by atoms with Crippen molar-refractivity contribution in [3.63, 3.8) is 0 Å². The molecular weight excluding hydrogens is 661 g/mol. The van der Waals surface area contributed by atoms with E-state index in [4.69, 9.17) is 19.4 Å². The lowest BCUT2D eigenvalue weighted by Crippen LogP contribution is -2.11. The molecule has 0 bridgehead atoms. The summed E-state index contributed by atoms with van der Waals surface area (Å²) in [4.78, 5) is 17.5. The van der Waals surface area contributed by atoms with Gasteiger partial charge in [-0.3, -0.25) is 0 Å². The molecule has 54 heavy (non-hydrogen) atoms. The maximum Gasteiger partial charge on any atom is 0.164 e. The molecule has 0 unspecified atom stereocenters. The second-order valence-corrected chi connectivity index (χ2v) is 13.3. The number of hydrogen-bond acceptors (Lipinski definition) is 5. The van der Waals surface area contributed by atoms with E-state index in [1.807, 2.05) is 78.9 Å². The van der Waals surface area contributed by atoms with Crippen molar-refractivity contribution in [2.75, 3.05) is 4.90 Å². The molecule has 0 aliphatic carbocycles. The maximum atomic E-state index is 6.66. The predicted octanol–water partition coefficient (Wildman–Crippen LogP) is 13.1. The number of anilines is 3. The summed E-state index contributed by atoms with van der Waals surface area (Å²) in [6, 6.07) is 67.0. The van der Waals surface area contributed by atoms with Gasteiger partial charge in [0, 0.05) is 33.5 Å². The molecule has 0 saturated heterocycles. The average molecular weight is 693 g/mol. The Balaban J connectivity index is 1.24.